The number of anilines is 4. The van der Waals surface area contributed by atoms with Crippen molar-refractivity contribution in [2.45, 2.75) is 40.0 Å². The Bertz CT molecular complexity index is 2710. The molecule has 8 nitrogen and oxygen atoms in total. The molecule has 356 valence electrons. The standard InChI is InChI=1S/C17H19NO.C16H17NO.C15H15NO.C14H13NO/c1-2-3-14-18(16-12-8-5-9-13-16)17(19)15-10-6-4-7-11-15;1-2-13-17(15-11-7-4-8-12-15)16(18)14-9-5-3-6-10-14;1-2-16(14-11-7-4-8-12-14)15(17)13-9-5-3-6-10-13;1-15(13-10-6-3-7-11-13)14(16)12-8-4-2-5-9-12/h4-13H,2-3,14H2,1H3;3-12H,2,13H2,1H3;3-12H,2H2,1H3;2-11H,1H3. The van der Waals surface area contributed by atoms with Gasteiger partial charge in [-0.1, -0.05) is 166 Å². The second-order valence-electron chi connectivity index (χ2n) is 16.0. The van der Waals surface area contributed by atoms with Crippen LogP contribution in [0.4, 0.5) is 22.7 Å². The van der Waals surface area contributed by atoms with E-state index in [9.17, 15) is 19.2 Å². The number of carbonyl (C=O) groups is 4. The summed E-state index contributed by atoms with van der Waals surface area (Å²) in [4.78, 5) is 56.5. The molecule has 0 aliphatic rings. The van der Waals surface area contributed by atoms with Gasteiger partial charge in [0.15, 0.2) is 0 Å². The van der Waals surface area contributed by atoms with Crippen LogP contribution in [-0.2, 0) is 0 Å². The highest BCUT2D eigenvalue weighted by Crippen LogP contribution is 2.20. The van der Waals surface area contributed by atoms with E-state index in [2.05, 4.69) is 13.8 Å². The Labute approximate surface area is 415 Å². The van der Waals surface area contributed by atoms with E-state index in [0.717, 1.165) is 71.8 Å². The van der Waals surface area contributed by atoms with Gasteiger partial charge in [0, 0.05) is 71.7 Å². The number of amides is 4. The van der Waals surface area contributed by atoms with Gasteiger partial charge in [-0.15, -0.1) is 0 Å². The summed E-state index contributed by atoms with van der Waals surface area (Å²) in [5, 5.41) is 0. The summed E-state index contributed by atoms with van der Waals surface area (Å²) in [7, 11) is 1.78. The van der Waals surface area contributed by atoms with Crippen LogP contribution in [0.3, 0.4) is 0 Å². The monoisotopic (exact) mass is 928 g/mol. The Balaban J connectivity index is 0.000000174. The van der Waals surface area contributed by atoms with Crippen LogP contribution in [-0.4, -0.2) is 50.3 Å². The summed E-state index contributed by atoms with van der Waals surface area (Å²) in [6, 6.07) is 76.5. The SMILES string of the molecule is CCCCN(C(=O)c1ccccc1)c1ccccc1.CCCN(C(=O)c1ccccc1)c1ccccc1.CCN(C(=O)c1ccccc1)c1ccccc1.CN(C(=O)c1ccccc1)c1ccccc1. The average molecular weight is 929 g/mol. The third-order valence-corrected chi connectivity index (χ3v) is 11.0. The van der Waals surface area contributed by atoms with Crippen LogP contribution in [0.5, 0.6) is 0 Å². The Morgan fingerprint density at radius 3 is 0.857 bits per heavy atom. The molecule has 0 heterocycles. The van der Waals surface area contributed by atoms with Gasteiger partial charge in [0.2, 0.25) is 0 Å². The van der Waals surface area contributed by atoms with Crippen LogP contribution in [0.15, 0.2) is 243 Å². The Hall–Kier alpha value is -8.36. The highest BCUT2D eigenvalue weighted by molar-refractivity contribution is 6.08. The summed E-state index contributed by atoms with van der Waals surface area (Å²) in [6.45, 7) is 8.35. The zero-order chi connectivity index (χ0) is 49.8. The molecule has 8 rings (SSSR count). The fourth-order valence-electron chi connectivity index (χ4n) is 7.26. The van der Waals surface area contributed by atoms with Gasteiger partial charge in [-0.25, -0.2) is 0 Å². The van der Waals surface area contributed by atoms with Crippen LogP contribution >= 0.6 is 0 Å². The molecule has 0 aliphatic carbocycles. The Morgan fingerprint density at radius 2 is 0.557 bits per heavy atom. The van der Waals surface area contributed by atoms with Crippen molar-refractivity contribution in [3.05, 3.63) is 265 Å². The number of unbranched alkanes of at least 4 members (excludes halogenated alkanes) is 1. The smallest absolute Gasteiger partial charge is 0.258 e. The molecular formula is C62H64N4O4. The molecule has 0 radical (unpaired) electrons. The molecule has 8 heteroatoms. The fraction of sp³-hybridized carbons (Fsp3) is 0.161. The maximum Gasteiger partial charge on any atom is 0.258 e. The van der Waals surface area contributed by atoms with Crippen LogP contribution in [0.2, 0.25) is 0 Å². The number of carbonyl (C=O) groups excluding carboxylic acids is 4. The molecule has 0 fully saturated rings. The lowest BCUT2D eigenvalue weighted by Crippen LogP contribution is -2.31. The van der Waals surface area contributed by atoms with Gasteiger partial charge in [0.25, 0.3) is 23.6 Å². The number of rotatable bonds is 14. The number of benzene rings is 8. The lowest BCUT2D eigenvalue weighted by Gasteiger charge is -2.22. The van der Waals surface area contributed by atoms with Crippen LogP contribution in [0, 0.1) is 0 Å². The molecule has 0 N–H and O–H groups in total. The van der Waals surface area contributed by atoms with Crippen LogP contribution in [0.1, 0.15) is 81.5 Å². The van der Waals surface area contributed by atoms with Crippen molar-refractivity contribution < 1.29 is 19.2 Å². The molecule has 0 unspecified atom stereocenters. The normalized spacial score (nSPS) is 10.0. The lowest BCUT2D eigenvalue weighted by atomic mass is 10.1. The van der Waals surface area contributed by atoms with E-state index in [4.69, 9.17) is 0 Å². The van der Waals surface area contributed by atoms with E-state index < -0.39 is 0 Å². The molecular weight excluding hydrogens is 865 g/mol. The van der Waals surface area contributed by atoms with E-state index in [1.165, 1.54) is 0 Å². The van der Waals surface area contributed by atoms with Gasteiger partial charge < -0.3 is 19.6 Å². The largest absolute Gasteiger partial charge is 0.311 e. The van der Waals surface area contributed by atoms with E-state index in [1.807, 2.05) is 259 Å². The topological polar surface area (TPSA) is 81.2 Å². The third kappa shape index (κ3) is 16.2. The first-order valence-electron chi connectivity index (χ1n) is 23.9. The second-order valence-corrected chi connectivity index (χ2v) is 16.0. The minimum absolute atomic E-state index is 0.00630. The summed E-state index contributed by atoms with van der Waals surface area (Å²) in [5.41, 5.74) is 6.64. The quantitative estimate of drug-likeness (QED) is 0.109. The zero-order valence-electron chi connectivity index (χ0n) is 40.8. The number of nitrogens with zero attached hydrogens (tertiary/aromatic N) is 4. The minimum Gasteiger partial charge on any atom is -0.311 e. The van der Waals surface area contributed by atoms with E-state index in [0.29, 0.717) is 12.1 Å². The molecule has 70 heavy (non-hydrogen) atoms. The molecule has 0 saturated carbocycles. The molecule has 0 bridgehead atoms. The Morgan fingerprint density at radius 1 is 0.300 bits per heavy atom. The molecule has 0 aromatic heterocycles. The maximum absolute atomic E-state index is 12.6. The molecule has 0 spiro atoms. The molecule has 8 aromatic carbocycles. The average Bonchev–Trinajstić information content (AvgIpc) is 3.44. The van der Waals surface area contributed by atoms with Crippen molar-refractivity contribution in [1.29, 1.82) is 0 Å². The molecule has 4 amide bonds. The van der Waals surface area contributed by atoms with Gasteiger partial charge in [0.05, 0.1) is 0 Å². The summed E-state index contributed by atoms with van der Waals surface area (Å²) in [6.07, 6.45) is 3.02. The second kappa shape index (κ2) is 29.4. The van der Waals surface area contributed by atoms with Gasteiger partial charge in [0.1, 0.15) is 0 Å². The van der Waals surface area contributed by atoms with Crippen LogP contribution < -0.4 is 19.6 Å². The fourth-order valence-corrected chi connectivity index (χ4v) is 7.26. The van der Waals surface area contributed by atoms with Gasteiger partial charge in [-0.05, 0) is 117 Å². The van der Waals surface area contributed by atoms with Crippen molar-refractivity contribution in [2.75, 3.05) is 46.3 Å². The molecule has 0 saturated heterocycles. The molecule has 0 atom stereocenters. The molecule has 0 aliphatic heterocycles. The van der Waals surface area contributed by atoms with Crippen molar-refractivity contribution >= 4 is 46.4 Å². The van der Waals surface area contributed by atoms with Crippen molar-refractivity contribution in [1.82, 2.24) is 0 Å². The lowest BCUT2D eigenvalue weighted by molar-refractivity contribution is 0.0979. The highest BCUT2D eigenvalue weighted by atomic mass is 16.2. The van der Waals surface area contributed by atoms with Crippen molar-refractivity contribution in [3.8, 4) is 0 Å². The zero-order valence-corrected chi connectivity index (χ0v) is 40.8. The maximum atomic E-state index is 12.6. The number of hydrogen-bond acceptors (Lipinski definition) is 4. The first kappa shape index (κ1) is 52.6. The van der Waals surface area contributed by atoms with E-state index >= 15 is 0 Å². The minimum atomic E-state index is 0.00630. The summed E-state index contributed by atoms with van der Waals surface area (Å²) >= 11 is 0. The summed E-state index contributed by atoms with van der Waals surface area (Å²) < 4.78 is 0. The van der Waals surface area contributed by atoms with Gasteiger partial charge in [-0.2, -0.15) is 0 Å². The number of hydrogen-bond donors (Lipinski definition) is 0. The van der Waals surface area contributed by atoms with Crippen LogP contribution in [0.25, 0.3) is 0 Å². The summed E-state index contributed by atoms with van der Waals surface area (Å²) in [5.74, 6) is 0.176. The predicted molar refractivity (Wildman–Crippen MR) is 290 cm³/mol. The van der Waals surface area contributed by atoms with Crippen molar-refractivity contribution in [2.24, 2.45) is 0 Å². The Kier molecular flexibility index (Phi) is 22.1. The third-order valence-electron chi connectivity index (χ3n) is 11.0. The first-order valence-corrected chi connectivity index (χ1v) is 23.9. The first-order chi connectivity index (χ1) is 34.3. The predicted octanol–water partition coefficient (Wildman–Crippen LogP) is 14.2. The van der Waals surface area contributed by atoms with Gasteiger partial charge >= 0.3 is 0 Å². The van der Waals surface area contributed by atoms with Crippen molar-refractivity contribution in [3.63, 3.8) is 0 Å². The highest BCUT2D eigenvalue weighted by Gasteiger charge is 2.18. The molecule has 8 aromatic rings. The van der Waals surface area contributed by atoms with E-state index in [-0.39, 0.29) is 23.6 Å². The number of para-hydroxylation sites is 4. The van der Waals surface area contributed by atoms with E-state index in [1.54, 1.807) is 16.8 Å². The van der Waals surface area contributed by atoms with Gasteiger partial charge in [-0.3, -0.25) is 19.2 Å².